The van der Waals surface area contributed by atoms with Crippen LogP contribution in [0, 0.1) is 0 Å². The molecule has 7 heteroatoms. The number of amides is 2. The lowest BCUT2D eigenvalue weighted by molar-refractivity contribution is -0.143. The van der Waals surface area contributed by atoms with E-state index in [0.29, 0.717) is 19.4 Å². The van der Waals surface area contributed by atoms with E-state index in [-0.39, 0.29) is 31.6 Å². The third-order valence-electron chi connectivity index (χ3n) is 2.80. The molecule has 0 fully saturated rings. The first-order chi connectivity index (χ1) is 9.90. The third-order valence-corrected chi connectivity index (χ3v) is 2.80. The van der Waals surface area contributed by atoms with Gasteiger partial charge < -0.3 is 20.1 Å². The highest BCUT2D eigenvalue weighted by atomic mass is 16.5. The van der Waals surface area contributed by atoms with E-state index in [0.717, 1.165) is 6.42 Å². The molecule has 0 rings (SSSR count). The molecule has 2 N–H and O–H groups in total. The van der Waals surface area contributed by atoms with Gasteiger partial charge in [0.25, 0.3) is 0 Å². The van der Waals surface area contributed by atoms with Gasteiger partial charge in [-0.1, -0.05) is 6.92 Å². The number of esters is 1. The summed E-state index contributed by atoms with van der Waals surface area (Å²) in [7, 11) is 0. The summed E-state index contributed by atoms with van der Waals surface area (Å²) in [5.41, 5.74) is 0. The van der Waals surface area contributed by atoms with Gasteiger partial charge in [0.1, 0.15) is 6.54 Å². The van der Waals surface area contributed by atoms with Crippen LogP contribution in [0.4, 0.5) is 4.79 Å². The van der Waals surface area contributed by atoms with E-state index in [1.165, 1.54) is 4.90 Å². The average Bonchev–Trinajstić information content (AvgIpc) is 2.37. The zero-order valence-corrected chi connectivity index (χ0v) is 13.1. The van der Waals surface area contributed by atoms with Gasteiger partial charge >= 0.3 is 18.0 Å². The van der Waals surface area contributed by atoms with Crippen LogP contribution in [0.2, 0.25) is 0 Å². The Labute approximate surface area is 125 Å². The number of nitrogens with zero attached hydrogens (tertiary/aromatic N) is 1. The van der Waals surface area contributed by atoms with Crippen LogP contribution in [0.1, 0.15) is 46.5 Å². The Balaban J connectivity index is 4.26. The number of urea groups is 1. The Bertz CT molecular complexity index is 346. The molecule has 0 aromatic heterocycles. The third kappa shape index (κ3) is 9.70. The van der Waals surface area contributed by atoms with Gasteiger partial charge in [-0.25, -0.2) is 4.79 Å². The minimum Gasteiger partial charge on any atom is -0.481 e. The minimum absolute atomic E-state index is 0.0740. The molecule has 0 aliphatic rings. The molecule has 21 heavy (non-hydrogen) atoms. The number of hydrogen-bond donors (Lipinski definition) is 2. The molecular weight excluding hydrogens is 276 g/mol. The number of rotatable bonds is 10. The second-order valence-electron chi connectivity index (χ2n) is 4.86. The van der Waals surface area contributed by atoms with Gasteiger partial charge in [-0.15, -0.1) is 0 Å². The van der Waals surface area contributed by atoms with Gasteiger partial charge in [0, 0.05) is 19.0 Å². The van der Waals surface area contributed by atoms with Crippen LogP contribution in [0.25, 0.3) is 0 Å². The highest BCUT2D eigenvalue weighted by Crippen LogP contribution is 2.02. The molecule has 0 aromatic carbocycles. The van der Waals surface area contributed by atoms with E-state index < -0.39 is 11.9 Å². The van der Waals surface area contributed by atoms with Crippen LogP contribution in [-0.2, 0) is 14.3 Å². The highest BCUT2D eigenvalue weighted by molar-refractivity contribution is 5.81. The van der Waals surface area contributed by atoms with Crippen LogP contribution in [0.15, 0.2) is 0 Å². The Kier molecular flexibility index (Phi) is 10.0. The molecule has 0 aliphatic heterocycles. The number of carbonyl (C=O) groups is 3. The van der Waals surface area contributed by atoms with Crippen LogP contribution in [-0.4, -0.2) is 53.7 Å². The summed E-state index contributed by atoms with van der Waals surface area (Å²) >= 11 is 0. The lowest BCUT2D eigenvalue weighted by atomic mass is 10.1. The molecule has 0 radical (unpaired) electrons. The summed E-state index contributed by atoms with van der Waals surface area (Å²) in [6, 6.07) is -0.467. The predicted molar refractivity (Wildman–Crippen MR) is 78.0 cm³/mol. The van der Waals surface area contributed by atoms with E-state index in [1.54, 1.807) is 6.92 Å². The van der Waals surface area contributed by atoms with Crippen LogP contribution in [0.3, 0.4) is 0 Å². The quantitative estimate of drug-likeness (QED) is 0.598. The number of carboxylic acid groups (broad SMARTS) is 1. The van der Waals surface area contributed by atoms with Crippen LogP contribution >= 0.6 is 0 Å². The first-order valence-corrected chi connectivity index (χ1v) is 7.33. The molecule has 0 saturated heterocycles. The van der Waals surface area contributed by atoms with E-state index >= 15 is 0 Å². The monoisotopic (exact) mass is 302 g/mol. The molecule has 122 valence electrons. The zero-order chi connectivity index (χ0) is 16.3. The van der Waals surface area contributed by atoms with Crippen molar-refractivity contribution in [2.75, 3.05) is 19.7 Å². The first-order valence-electron chi connectivity index (χ1n) is 7.33. The predicted octanol–water partition coefficient (Wildman–Crippen LogP) is 1.61. The SMILES string of the molecule is CCCN(CC(=O)OCC)C(=O)NC(C)CCCC(=O)O. The highest BCUT2D eigenvalue weighted by Gasteiger charge is 2.18. The van der Waals surface area contributed by atoms with E-state index in [4.69, 9.17) is 9.84 Å². The van der Waals surface area contributed by atoms with Crippen molar-refractivity contribution in [1.82, 2.24) is 10.2 Å². The summed E-state index contributed by atoms with van der Waals surface area (Å²) in [4.78, 5) is 35.4. The van der Waals surface area contributed by atoms with E-state index in [2.05, 4.69) is 5.32 Å². The van der Waals surface area contributed by atoms with Crippen molar-refractivity contribution >= 4 is 18.0 Å². The Morgan fingerprint density at radius 3 is 2.48 bits per heavy atom. The van der Waals surface area contributed by atoms with Crippen molar-refractivity contribution in [2.45, 2.75) is 52.5 Å². The second kappa shape index (κ2) is 10.9. The lowest BCUT2D eigenvalue weighted by Crippen LogP contribution is -2.46. The summed E-state index contributed by atoms with van der Waals surface area (Å²) < 4.78 is 4.84. The molecule has 0 aromatic rings. The molecule has 0 saturated carbocycles. The molecule has 1 unspecified atom stereocenters. The fraction of sp³-hybridized carbons (Fsp3) is 0.786. The van der Waals surface area contributed by atoms with Crippen LogP contribution in [0.5, 0.6) is 0 Å². The summed E-state index contributed by atoms with van der Waals surface area (Å²) in [5.74, 6) is -1.27. The number of ether oxygens (including phenoxy) is 1. The number of nitrogens with one attached hydrogen (secondary N) is 1. The summed E-state index contributed by atoms with van der Waals surface area (Å²) in [5, 5.41) is 11.3. The van der Waals surface area contributed by atoms with Crippen molar-refractivity contribution in [2.24, 2.45) is 0 Å². The van der Waals surface area contributed by atoms with Gasteiger partial charge in [-0.3, -0.25) is 9.59 Å². The molecule has 0 aliphatic carbocycles. The number of carboxylic acids is 1. The number of carbonyl (C=O) groups excluding carboxylic acids is 2. The lowest BCUT2D eigenvalue weighted by Gasteiger charge is -2.24. The summed E-state index contributed by atoms with van der Waals surface area (Å²) in [6.45, 7) is 6.12. The fourth-order valence-electron chi connectivity index (χ4n) is 1.82. The normalized spacial score (nSPS) is 11.6. The number of aliphatic carboxylic acids is 1. The average molecular weight is 302 g/mol. The van der Waals surface area contributed by atoms with Gasteiger partial charge in [-0.2, -0.15) is 0 Å². The van der Waals surface area contributed by atoms with E-state index in [1.807, 2.05) is 13.8 Å². The molecule has 0 heterocycles. The van der Waals surface area contributed by atoms with E-state index in [9.17, 15) is 14.4 Å². The van der Waals surface area contributed by atoms with Crippen LogP contribution < -0.4 is 5.32 Å². The second-order valence-corrected chi connectivity index (χ2v) is 4.86. The Hall–Kier alpha value is -1.79. The van der Waals surface area contributed by atoms with Crippen molar-refractivity contribution in [3.8, 4) is 0 Å². The van der Waals surface area contributed by atoms with Gasteiger partial charge in [0.2, 0.25) is 0 Å². The number of hydrogen-bond acceptors (Lipinski definition) is 4. The van der Waals surface area contributed by atoms with Crippen molar-refractivity contribution in [3.63, 3.8) is 0 Å². The maximum absolute atomic E-state index is 12.1. The van der Waals surface area contributed by atoms with Crippen molar-refractivity contribution in [3.05, 3.63) is 0 Å². The zero-order valence-electron chi connectivity index (χ0n) is 13.1. The Morgan fingerprint density at radius 2 is 1.95 bits per heavy atom. The first kappa shape index (κ1) is 19.2. The molecule has 2 amide bonds. The largest absolute Gasteiger partial charge is 0.481 e. The standard InChI is InChI=1S/C14H26N2O5/c1-4-9-16(10-13(19)21-5-2)14(20)15-11(3)7-6-8-12(17)18/h11H,4-10H2,1-3H3,(H,15,20)(H,17,18). The molecule has 1 atom stereocenters. The Morgan fingerprint density at radius 1 is 1.29 bits per heavy atom. The smallest absolute Gasteiger partial charge is 0.325 e. The van der Waals surface area contributed by atoms with Gasteiger partial charge in [0.15, 0.2) is 0 Å². The molecule has 0 bridgehead atoms. The van der Waals surface area contributed by atoms with Crippen molar-refractivity contribution < 1.29 is 24.2 Å². The molecular formula is C14H26N2O5. The minimum atomic E-state index is -0.844. The van der Waals surface area contributed by atoms with Gasteiger partial charge in [-0.05, 0) is 33.1 Å². The van der Waals surface area contributed by atoms with Crippen molar-refractivity contribution in [1.29, 1.82) is 0 Å². The molecule has 0 spiro atoms. The maximum Gasteiger partial charge on any atom is 0.325 e. The summed E-state index contributed by atoms with van der Waals surface area (Å²) in [6.07, 6.45) is 1.90. The topological polar surface area (TPSA) is 95.9 Å². The fourth-order valence-corrected chi connectivity index (χ4v) is 1.82. The molecule has 7 nitrogen and oxygen atoms in total. The van der Waals surface area contributed by atoms with Gasteiger partial charge in [0.05, 0.1) is 6.61 Å². The maximum atomic E-state index is 12.1.